The first-order valence-corrected chi connectivity index (χ1v) is 11.2. The molecule has 35 heavy (non-hydrogen) atoms. The summed E-state index contributed by atoms with van der Waals surface area (Å²) in [6.07, 6.45) is 3.80. The Labute approximate surface area is 201 Å². The van der Waals surface area contributed by atoms with Crippen molar-refractivity contribution in [1.29, 1.82) is 0 Å². The van der Waals surface area contributed by atoms with Crippen molar-refractivity contribution in [1.82, 2.24) is 4.98 Å². The van der Waals surface area contributed by atoms with Crippen molar-refractivity contribution in [3.05, 3.63) is 78.3 Å². The standard InChI is InChI=1S/C26H23N3O6/c1-2-33-25(30)20-16-34-24-8-7-18(13-19(20)24)35-23-9-10-27-14-17(23)15-28-11-12-29(26(31)32)22-6-4-3-5-21(22)28/h3-10,13-14,16H,2,11-12,15H2,1H3,(H,31,32). The minimum Gasteiger partial charge on any atom is -0.465 e. The van der Waals surface area contributed by atoms with Crippen molar-refractivity contribution in [3.63, 3.8) is 0 Å². The predicted octanol–water partition coefficient (Wildman–Crippen LogP) is 5.30. The largest absolute Gasteiger partial charge is 0.465 e. The van der Waals surface area contributed by atoms with Crippen LogP contribution in [0.1, 0.15) is 22.8 Å². The number of amides is 1. The van der Waals surface area contributed by atoms with E-state index in [0.717, 1.165) is 11.3 Å². The zero-order valence-corrected chi connectivity index (χ0v) is 19.0. The highest BCUT2D eigenvalue weighted by Crippen LogP contribution is 2.36. The van der Waals surface area contributed by atoms with Gasteiger partial charge in [0.05, 0.1) is 18.0 Å². The Bertz CT molecular complexity index is 1400. The minimum atomic E-state index is -0.973. The fourth-order valence-corrected chi connectivity index (χ4v) is 4.19. The topological polar surface area (TPSA) is 105 Å². The van der Waals surface area contributed by atoms with Crippen LogP contribution < -0.4 is 14.5 Å². The molecule has 2 aromatic carbocycles. The molecule has 0 fully saturated rings. The van der Waals surface area contributed by atoms with E-state index in [-0.39, 0.29) is 6.61 Å². The van der Waals surface area contributed by atoms with Gasteiger partial charge in [0.15, 0.2) is 0 Å². The van der Waals surface area contributed by atoms with Gasteiger partial charge in [-0.25, -0.2) is 9.59 Å². The van der Waals surface area contributed by atoms with Crippen LogP contribution in [-0.4, -0.2) is 41.8 Å². The lowest BCUT2D eigenvalue weighted by molar-refractivity contribution is 0.0527. The van der Waals surface area contributed by atoms with Crippen molar-refractivity contribution in [2.24, 2.45) is 0 Å². The van der Waals surface area contributed by atoms with E-state index in [2.05, 4.69) is 9.88 Å². The number of fused-ring (bicyclic) bond motifs is 2. The molecule has 1 aliphatic rings. The first-order valence-electron chi connectivity index (χ1n) is 11.2. The number of nitrogens with zero attached hydrogens (tertiary/aromatic N) is 3. The zero-order chi connectivity index (χ0) is 24.4. The maximum Gasteiger partial charge on any atom is 0.411 e. The molecule has 9 heteroatoms. The van der Waals surface area contributed by atoms with Crippen LogP contribution in [0.2, 0.25) is 0 Å². The average molecular weight is 473 g/mol. The maximum absolute atomic E-state index is 12.3. The summed E-state index contributed by atoms with van der Waals surface area (Å²) < 4.78 is 16.8. The summed E-state index contributed by atoms with van der Waals surface area (Å²) in [6.45, 7) is 3.39. The first-order chi connectivity index (χ1) is 17.0. The Hall–Kier alpha value is -4.53. The number of furan rings is 1. The summed E-state index contributed by atoms with van der Waals surface area (Å²) in [5.74, 6) is 0.693. The van der Waals surface area contributed by atoms with Crippen LogP contribution in [0.4, 0.5) is 16.2 Å². The number of ether oxygens (including phenoxy) is 2. The number of carbonyl (C=O) groups is 2. The third kappa shape index (κ3) is 4.35. The molecular weight excluding hydrogens is 450 g/mol. The molecule has 0 bridgehead atoms. The third-order valence-corrected chi connectivity index (χ3v) is 5.83. The Morgan fingerprint density at radius 2 is 1.94 bits per heavy atom. The Morgan fingerprint density at radius 1 is 1.11 bits per heavy atom. The number of carbonyl (C=O) groups excluding carboxylic acids is 1. The summed E-state index contributed by atoms with van der Waals surface area (Å²) in [4.78, 5) is 31.6. The molecule has 0 spiro atoms. The van der Waals surface area contributed by atoms with Gasteiger partial charge >= 0.3 is 12.1 Å². The van der Waals surface area contributed by atoms with Crippen LogP contribution in [0.15, 0.2) is 71.6 Å². The molecule has 0 radical (unpaired) electrons. The predicted molar refractivity (Wildman–Crippen MR) is 129 cm³/mol. The number of aromatic nitrogens is 1. The van der Waals surface area contributed by atoms with Gasteiger partial charge in [0, 0.05) is 43.0 Å². The summed E-state index contributed by atoms with van der Waals surface area (Å²) in [5, 5.41) is 10.2. The van der Waals surface area contributed by atoms with Crippen LogP contribution in [-0.2, 0) is 11.3 Å². The van der Waals surface area contributed by atoms with E-state index in [1.54, 1.807) is 49.6 Å². The van der Waals surface area contributed by atoms with E-state index in [4.69, 9.17) is 13.9 Å². The molecule has 3 heterocycles. The quantitative estimate of drug-likeness (QED) is 0.376. The van der Waals surface area contributed by atoms with Gasteiger partial charge in [-0.15, -0.1) is 0 Å². The molecular formula is C26H23N3O6. The number of anilines is 2. The number of benzene rings is 2. The lowest BCUT2D eigenvalue weighted by Gasteiger charge is -2.36. The smallest absolute Gasteiger partial charge is 0.411 e. The fraction of sp³-hybridized carbons (Fsp3) is 0.192. The number of carboxylic acid groups (broad SMARTS) is 1. The molecule has 5 rings (SSSR count). The first kappa shape index (κ1) is 22.3. The second kappa shape index (κ2) is 9.38. The van der Waals surface area contributed by atoms with Gasteiger partial charge in [-0.3, -0.25) is 9.88 Å². The van der Waals surface area contributed by atoms with Crippen molar-refractivity contribution in [2.45, 2.75) is 13.5 Å². The molecule has 1 amide bonds. The minimum absolute atomic E-state index is 0.270. The molecule has 0 saturated carbocycles. The summed E-state index contributed by atoms with van der Waals surface area (Å²) >= 11 is 0. The maximum atomic E-state index is 12.3. The lowest BCUT2D eigenvalue weighted by Crippen LogP contribution is -2.43. The number of hydrogen-bond acceptors (Lipinski definition) is 7. The van der Waals surface area contributed by atoms with Crippen molar-refractivity contribution in [3.8, 4) is 11.5 Å². The van der Waals surface area contributed by atoms with Crippen molar-refractivity contribution in [2.75, 3.05) is 29.5 Å². The number of hydrogen-bond donors (Lipinski definition) is 1. The number of rotatable bonds is 6. The van der Waals surface area contributed by atoms with Crippen molar-refractivity contribution >= 4 is 34.4 Å². The molecule has 0 saturated heterocycles. The molecule has 0 aliphatic carbocycles. The zero-order valence-electron chi connectivity index (χ0n) is 19.0. The summed E-state index contributed by atoms with van der Waals surface area (Å²) in [5.41, 5.74) is 3.21. The molecule has 1 N–H and O–H groups in total. The van der Waals surface area contributed by atoms with Crippen LogP contribution >= 0.6 is 0 Å². The van der Waals surface area contributed by atoms with Crippen LogP contribution in [0.25, 0.3) is 11.0 Å². The molecule has 9 nitrogen and oxygen atoms in total. The number of para-hydroxylation sites is 2. The van der Waals surface area contributed by atoms with Crippen LogP contribution in [0.5, 0.6) is 11.5 Å². The third-order valence-electron chi connectivity index (χ3n) is 5.83. The van der Waals surface area contributed by atoms with Gasteiger partial charge in [0.2, 0.25) is 0 Å². The Kier molecular flexibility index (Phi) is 5.97. The Morgan fingerprint density at radius 3 is 2.74 bits per heavy atom. The summed E-state index contributed by atoms with van der Waals surface area (Å²) in [7, 11) is 0. The highest BCUT2D eigenvalue weighted by atomic mass is 16.5. The van der Waals surface area contributed by atoms with Gasteiger partial charge in [0.1, 0.15) is 28.9 Å². The molecule has 178 valence electrons. The van der Waals surface area contributed by atoms with E-state index in [9.17, 15) is 14.7 Å². The highest BCUT2D eigenvalue weighted by molar-refractivity contribution is 6.03. The van der Waals surface area contributed by atoms with E-state index in [1.165, 1.54) is 11.2 Å². The summed E-state index contributed by atoms with van der Waals surface area (Å²) in [6, 6.07) is 14.5. The van der Waals surface area contributed by atoms with E-state index < -0.39 is 12.1 Å². The second-order valence-electron chi connectivity index (χ2n) is 7.96. The number of esters is 1. The molecule has 4 aromatic rings. The van der Waals surface area contributed by atoms with Gasteiger partial charge in [-0.1, -0.05) is 12.1 Å². The van der Waals surface area contributed by atoms with Gasteiger partial charge in [-0.2, -0.15) is 0 Å². The average Bonchev–Trinajstić information content (AvgIpc) is 3.29. The van der Waals surface area contributed by atoms with E-state index >= 15 is 0 Å². The van der Waals surface area contributed by atoms with Crippen LogP contribution in [0.3, 0.4) is 0 Å². The molecule has 2 aromatic heterocycles. The highest BCUT2D eigenvalue weighted by Gasteiger charge is 2.27. The van der Waals surface area contributed by atoms with E-state index in [1.807, 2.05) is 18.2 Å². The molecule has 1 aliphatic heterocycles. The monoisotopic (exact) mass is 473 g/mol. The van der Waals surface area contributed by atoms with Gasteiger partial charge in [0.25, 0.3) is 0 Å². The Balaban J connectivity index is 1.42. The van der Waals surface area contributed by atoms with Crippen LogP contribution in [0, 0.1) is 0 Å². The van der Waals surface area contributed by atoms with Crippen molar-refractivity contribution < 1.29 is 28.6 Å². The number of pyridine rings is 1. The second-order valence-corrected chi connectivity index (χ2v) is 7.96. The van der Waals surface area contributed by atoms with Gasteiger partial charge < -0.3 is 23.9 Å². The molecule has 0 atom stereocenters. The molecule has 0 unspecified atom stereocenters. The van der Waals surface area contributed by atoms with Gasteiger partial charge in [-0.05, 0) is 43.3 Å². The SMILES string of the molecule is CCOC(=O)c1coc2ccc(Oc3ccncc3CN3CCN(C(=O)O)c4ccccc43)cc12. The van der Waals surface area contributed by atoms with E-state index in [0.29, 0.717) is 53.4 Å². The normalized spacial score (nSPS) is 12.9. The lowest BCUT2D eigenvalue weighted by atomic mass is 10.1. The fourth-order valence-electron chi connectivity index (χ4n) is 4.19.